The maximum Gasteiger partial charge on any atom is 0.263 e. The Kier molecular flexibility index (Phi) is 5.78. The average molecular weight is 341 g/mol. The zero-order valence-corrected chi connectivity index (χ0v) is 14.2. The normalized spacial score (nSPS) is 17.5. The predicted molar refractivity (Wildman–Crippen MR) is 92.7 cm³/mol. The van der Waals surface area contributed by atoms with Crippen molar-refractivity contribution in [1.82, 2.24) is 10.6 Å². The highest BCUT2D eigenvalue weighted by atomic mass is 16.7. The van der Waals surface area contributed by atoms with Crippen molar-refractivity contribution in [3.8, 4) is 17.6 Å². The van der Waals surface area contributed by atoms with E-state index in [0.29, 0.717) is 24.1 Å². The number of fused-ring (bicyclic) bond motifs is 1. The van der Waals surface area contributed by atoms with E-state index in [-0.39, 0.29) is 18.3 Å². The third-order valence-corrected chi connectivity index (χ3v) is 4.57. The van der Waals surface area contributed by atoms with Crippen molar-refractivity contribution < 1.29 is 14.3 Å². The topological polar surface area (TPSA) is 83.4 Å². The van der Waals surface area contributed by atoms with Crippen LogP contribution in [-0.4, -0.2) is 18.7 Å². The molecule has 6 nitrogen and oxygen atoms in total. The van der Waals surface area contributed by atoms with Crippen molar-refractivity contribution in [3.63, 3.8) is 0 Å². The van der Waals surface area contributed by atoms with Crippen LogP contribution < -0.4 is 20.1 Å². The lowest BCUT2D eigenvalue weighted by atomic mass is 10.1. The molecule has 0 spiro atoms. The summed E-state index contributed by atoms with van der Waals surface area (Å²) in [7, 11) is 0. The Hall–Kier alpha value is -2.68. The fraction of sp³-hybridized carbons (Fsp3) is 0.474. The number of carbonyl (C=O) groups is 1. The molecule has 1 aliphatic carbocycles. The van der Waals surface area contributed by atoms with Gasteiger partial charge in [0.2, 0.25) is 6.79 Å². The number of nitrogens with zero attached hydrogens (tertiary/aromatic N) is 1. The second kappa shape index (κ2) is 8.43. The van der Waals surface area contributed by atoms with Gasteiger partial charge in [0, 0.05) is 18.8 Å². The van der Waals surface area contributed by atoms with Crippen molar-refractivity contribution in [3.05, 3.63) is 35.5 Å². The molecule has 0 aromatic heterocycles. The summed E-state index contributed by atoms with van der Waals surface area (Å²) >= 11 is 0. The zero-order chi connectivity index (χ0) is 17.5. The lowest BCUT2D eigenvalue weighted by molar-refractivity contribution is -0.117. The highest BCUT2D eigenvalue weighted by molar-refractivity contribution is 5.97. The lowest BCUT2D eigenvalue weighted by Crippen LogP contribution is -2.28. The molecule has 1 fully saturated rings. The SMILES string of the molecule is N#C/C(=C/NC1CCCCCC1)C(=O)NCc1ccc2c(c1)OCO2. The van der Waals surface area contributed by atoms with Gasteiger partial charge in [0.05, 0.1) is 0 Å². The maximum atomic E-state index is 12.2. The van der Waals surface area contributed by atoms with Crippen molar-refractivity contribution in [1.29, 1.82) is 5.26 Å². The number of ether oxygens (including phenoxy) is 2. The molecular formula is C19H23N3O3. The molecule has 1 heterocycles. The molecule has 1 aromatic carbocycles. The van der Waals surface area contributed by atoms with Crippen LogP contribution in [0.2, 0.25) is 0 Å². The van der Waals surface area contributed by atoms with Crippen LogP contribution in [0.4, 0.5) is 0 Å². The van der Waals surface area contributed by atoms with Crippen LogP contribution in [0.15, 0.2) is 30.0 Å². The molecule has 25 heavy (non-hydrogen) atoms. The van der Waals surface area contributed by atoms with Gasteiger partial charge < -0.3 is 20.1 Å². The number of amides is 1. The summed E-state index contributed by atoms with van der Waals surface area (Å²) in [5.74, 6) is 1.01. The molecule has 3 rings (SSSR count). The largest absolute Gasteiger partial charge is 0.454 e. The smallest absolute Gasteiger partial charge is 0.263 e. The Morgan fingerprint density at radius 3 is 2.72 bits per heavy atom. The highest BCUT2D eigenvalue weighted by Gasteiger charge is 2.15. The minimum Gasteiger partial charge on any atom is -0.454 e. The summed E-state index contributed by atoms with van der Waals surface area (Å²) in [6, 6.07) is 7.85. The quantitative estimate of drug-likeness (QED) is 0.489. The molecule has 1 aliphatic heterocycles. The Morgan fingerprint density at radius 2 is 1.96 bits per heavy atom. The van der Waals surface area contributed by atoms with Gasteiger partial charge in [0.1, 0.15) is 11.6 Å². The number of rotatable bonds is 5. The third kappa shape index (κ3) is 4.66. The van der Waals surface area contributed by atoms with Crippen LogP contribution in [0.25, 0.3) is 0 Å². The molecule has 2 aliphatic rings. The fourth-order valence-electron chi connectivity index (χ4n) is 3.12. The number of nitriles is 1. The summed E-state index contributed by atoms with van der Waals surface area (Å²) in [5.41, 5.74) is 0.997. The number of benzene rings is 1. The van der Waals surface area contributed by atoms with Gasteiger partial charge in [0.15, 0.2) is 11.5 Å². The van der Waals surface area contributed by atoms with E-state index >= 15 is 0 Å². The van der Waals surface area contributed by atoms with E-state index in [9.17, 15) is 10.1 Å². The zero-order valence-electron chi connectivity index (χ0n) is 14.2. The van der Waals surface area contributed by atoms with Gasteiger partial charge in [-0.05, 0) is 30.5 Å². The summed E-state index contributed by atoms with van der Waals surface area (Å²) in [6.07, 6.45) is 8.67. The molecule has 1 amide bonds. The van der Waals surface area contributed by atoms with Gasteiger partial charge in [-0.3, -0.25) is 4.79 Å². The van der Waals surface area contributed by atoms with Crippen molar-refractivity contribution in [2.24, 2.45) is 0 Å². The first-order valence-electron chi connectivity index (χ1n) is 8.79. The molecule has 0 saturated heterocycles. The molecule has 0 atom stereocenters. The molecule has 6 heteroatoms. The molecule has 0 bridgehead atoms. The summed E-state index contributed by atoms with van der Waals surface area (Å²) in [5, 5.41) is 15.3. The van der Waals surface area contributed by atoms with Gasteiger partial charge in [-0.25, -0.2) is 0 Å². The molecule has 1 saturated carbocycles. The van der Waals surface area contributed by atoms with Crippen molar-refractivity contribution >= 4 is 5.91 Å². The standard InChI is InChI=1S/C19H23N3O3/c20-10-15(12-21-16-5-3-1-2-4-6-16)19(23)22-11-14-7-8-17-18(9-14)25-13-24-17/h7-9,12,16,21H,1-6,11,13H2,(H,22,23)/b15-12-. The fourth-order valence-corrected chi connectivity index (χ4v) is 3.12. The number of nitrogens with one attached hydrogen (secondary N) is 2. The first-order valence-corrected chi connectivity index (χ1v) is 8.79. The summed E-state index contributed by atoms with van der Waals surface area (Å²) in [4.78, 5) is 12.2. The second-order valence-corrected chi connectivity index (χ2v) is 6.40. The summed E-state index contributed by atoms with van der Waals surface area (Å²) in [6.45, 7) is 0.553. The van der Waals surface area contributed by atoms with E-state index in [1.54, 1.807) is 6.20 Å². The second-order valence-electron chi connectivity index (χ2n) is 6.40. The Morgan fingerprint density at radius 1 is 1.20 bits per heavy atom. The number of carbonyl (C=O) groups excluding carboxylic acids is 1. The van der Waals surface area contributed by atoms with Crippen LogP contribution >= 0.6 is 0 Å². The number of hydrogen-bond acceptors (Lipinski definition) is 5. The molecule has 0 unspecified atom stereocenters. The Bertz CT molecular complexity index is 686. The van der Waals surface area contributed by atoms with Crippen molar-refractivity contribution in [2.75, 3.05) is 6.79 Å². The monoisotopic (exact) mass is 341 g/mol. The highest BCUT2D eigenvalue weighted by Crippen LogP contribution is 2.32. The van der Waals surface area contributed by atoms with E-state index in [2.05, 4.69) is 10.6 Å². The van der Waals surface area contributed by atoms with Crippen LogP contribution in [0.5, 0.6) is 11.5 Å². The molecule has 2 N–H and O–H groups in total. The van der Waals surface area contributed by atoms with E-state index in [1.165, 1.54) is 25.7 Å². The minimum atomic E-state index is -0.374. The Labute approximate surface area is 147 Å². The Balaban J connectivity index is 1.53. The summed E-state index contributed by atoms with van der Waals surface area (Å²) < 4.78 is 10.6. The first kappa shape index (κ1) is 17.2. The van der Waals surface area contributed by atoms with Gasteiger partial charge in [-0.15, -0.1) is 0 Å². The molecular weight excluding hydrogens is 318 g/mol. The van der Waals surface area contributed by atoms with E-state index in [4.69, 9.17) is 9.47 Å². The van der Waals surface area contributed by atoms with Gasteiger partial charge in [0.25, 0.3) is 5.91 Å². The van der Waals surface area contributed by atoms with Crippen LogP contribution in [0.1, 0.15) is 44.1 Å². The average Bonchev–Trinajstić information content (AvgIpc) is 2.94. The lowest BCUT2D eigenvalue weighted by Gasteiger charge is -2.14. The molecule has 132 valence electrons. The van der Waals surface area contributed by atoms with Crippen LogP contribution in [0, 0.1) is 11.3 Å². The van der Waals surface area contributed by atoms with E-state index < -0.39 is 0 Å². The third-order valence-electron chi connectivity index (χ3n) is 4.57. The van der Waals surface area contributed by atoms with Gasteiger partial charge in [-0.1, -0.05) is 31.7 Å². The van der Waals surface area contributed by atoms with Crippen molar-refractivity contribution in [2.45, 2.75) is 51.1 Å². The van der Waals surface area contributed by atoms with E-state index in [1.807, 2.05) is 24.3 Å². The first-order chi connectivity index (χ1) is 12.3. The van der Waals surface area contributed by atoms with Gasteiger partial charge >= 0.3 is 0 Å². The minimum absolute atomic E-state index is 0.102. The predicted octanol–water partition coefficient (Wildman–Crippen LogP) is 2.75. The van der Waals surface area contributed by atoms with Crippen LogP contribution in [-0.2, 0) is 11.3 Å². The maximum absolute atomic E-state index is 12.2. The van der Waals surface area contributed by atoms with E-state index in [0.717, 1.165) is 18.4 Å². The number of hydrogen-bond donors (Lipinski definition) is 2. The van der Waals surface area contributed by atoms with Crippen LogP contribution in [0.3, 0.4) is 0 Å². The van der Waals surface area contributed by atoms with Gasteiger partial charge in [-0.2, -0.15) is 5.26 Å². The molecule has 1 aromatic rings. The molecule has 0 radical (unpaired) electrons.